The summed E-state index contributed by atoms with van der Waals surface area (Å²) < 4.78 is 16.6. The van der Waals surface area contributed by atoms with Gasteiger partial charge in [-0.15, -0.1) is 0 Å². The monoisotopic (exact) mass is 264 g/mol. The van der Waals surface area contributed by atoms with E-state index in [1.54, 1.807) is 38.1 Å². The van der Waals surface area contributed by atoms with E-state index in [0.29, 0.717) is 5.56 Å². The Balaban J connectivity index is 1.77. The molecule has 0 saturated carbocycles. The Morgan fingerprint density at radius 3 is 2.53 bits per heavy atom. The van der Waals surface area contributed by atoms with Crippen molar-refractivity contribution in [2.75, 3.05) is 0 Å². The molecule has 2 aliphatic heterocycles. The number of Topliss-reactive ketones (excluding diaryl/α,β-unsaturated/α-hetero) is 1. The summed E-state index contributed by atoms with van der Waals surface area (Å²) in [5, 5.41) is 10.2. The zero-order chi connectivity index (χ0) is 13.6. The van der Waals surface area contributed by atoms with Crippen molar-refractivity contribution in [1.82, 2.24) is 0 Å². The third-order valence-electron chi connectivity index (χ3n) is 3.33. The summed E-state index contributed by atoms with van der Waals surface area (Å²) in [4.78, 5) is 12.3. The van der Waals surface area contributed by atoms with E-state index in [2.05, 4.69) is 0 Å². The maximum Gasteiger partial charge on any atom is 0.194 e. The number of aliphatic hydroxyl groups excluding tert-OH is 1. The van der Waals surface area contributed by atoms with Crippen molar-refractivity contribution in [3.63, 3.8) is 0 Å². The molecule has 19 heavy (non-hydrogen) atoms. The summed E-state index contributed by atoms with van der Waals surface area (Å²) in [6.07, 6.45) is -3.26. The molecular weight excluding hydrogens is 248 g/mol. The molecule has 0 spiro atoms. The number of fused-ring (bicyclic) bond motifs is 1. The number of ketones is 1. The molecule has 2 aliphatic rings. The van der Waals surface area contributed by atoms with Gasteiger partial charge >= 0.3 is 0 Å². The number of hydrogen-bond acceptors (Lipinski definition) is 5. The first-order chi connectivity index (χ1) is 8.98. The summed E-state index contributed by atoms with van der Waals surface area (Å²) in [5.41, 5.74) is 0.505. The van der Waals surface area contributed by atoms with Crippen LogP contribution in [0.25, 0.3) is 0 Å². The average molecular weight is 264 g/mol. The number of aliphatic hydroxyl groups is 1. The topological polar surface area (TPSA) is 65.0 Å². The van der Waals surface area contributed by atoms with Gasteiger partial charge in [0.1, 0.15) is 12.2 Å². The fourth-order valence-corrected chi connectivity index (χ4v) is 2.47. The normalized spacial score (nSPS) is 36.2. The molecule has 5 heteroatoms. The van der Waals surface area contributed by atoms with Crippen molar-refractivity contribution in [3.8, 4) is 0 Å². The maximum atomic E-state index is 12.3. The van der Waals surface area contributed by atoms with E-state index < -0.39 is 30.4 Å². The Kier molecular flexibility index (Phi) is 2.94. The minimum absolute atomic E-state index is 0.257. The fourth-order valence-electron chi connectivity index (χ4n) is 2.47. The Labute approximate surface area is 111 Å². The molecule has 0 radical (unpaired) electrons. The van der Waals surface area contributed by atoms with Crippen molar-refractivity contribution in [2.24, 2.45) is 0 Å². The van der Waals surface area contributed by atoms with Crippen LogP contribution in [-0.2, 0) is 14.2 Å². The minimum atomic E-state index is -1.01. The third-order valence-corrected chi connectivity index (χ3v) is 3.33. The molecule has 0 aliphatic carbocycles. The van der Waals surface area contributed by atoms with Gasteiger partial charge in [-0.3, -0.25) is 4.79 Å². The average Bonchev–Trinajstić information content (AvgIpc) is 2.84. The lowest BCUT2D eigenvalue weighted by atomic mass is 10.0. The van der Waals surface area contributed by atoms with E-state index >= 15 is 0 Å². The molecule has 2 saturated heterocycles. The molecule has 102 valence electrons. The number of rotatable bonds is 2. The highest BCUT2D eigenvalue weighted by atomic mass is 16.8. The molecule has 1 N–H and O–H groups in total. The minimum Gasteiger partial charge on any atom is -0.387 e. The number of carbonyl (C=O) groups excluding carboxylic acids is 1. The number of carbonyl (C=O) groups is 1. The second-order valence-electron chi connectivity index (χ2n) is 5.25. The van der Waals surface area contributed by atoms with Crippen LogP contribution in [0.1, 0.15) is 24.2 Å². The number of ether oxygens (including phenoxy) is 3. The molecule has 1 aromatic carbocycles. The van der Waals surface area contributed by atoms with Crippen molar-refractivity contribution in [1.29, 1.82) is 0 Å². The second kappa shape index (κ2) is 4.38. The van der Waals surface area contributed by atoms with Gasteiger partial charge in [0.15, 0.2) is 24.0 Å². The van der Waals surface area contributed by atoms with Gasteiger partial charge in [0.25, 0.3) is 0 Å². The first-order valence-corrected chi connectivity index (χ1v) is 6.26. The Bertz CT molecular complexity index is 484. The van der Waals surface area contributed by atoms with Crippen LogP contribution in [-0.4, -0.2) is 41.3 Å². The molecule has 5 nitrogen and oxygen atoms in total. The zero-order valence-corrected chi connectivity index (χ0v) is 10.8. The molecule has 0 unspecified atom stereocenters. The van der Waals surface area contributed by atoms with Gasteiger partial charge < -0.3 is 19.3 Å². The van der Waals surface area contributed by atoms with Crippen LogP contribution in [0.5, 0.6) is 0 Å². The molecule has 0 bridgehead atoms. The zero-order valence-electron chi connectivity index (χ0n) is 10.8. The largest absolute Gasteiger partial charge is 0.387 e. The highest BCUT2D eigenvalue weighted by Crippen LogP contribution is 2.38. The first kappa shape index (κ1) is 12.7. The molecule has 4 atom stereocenters. The van der Waals surface area contributed by atoms with Gasteiger partial charge in [-0.25, -0.2) is 0 Å². The van der Waals surface area contributed by atoms with Crippen molar-refractivity contribution in [3.05, 3.63) is 35.9 Å². The summed E-state index contributed by atoms with van der Waals surface area (Å²) in [6, 6.07) is 8.75. The Morgan fingerprint density at radius 2 is 1.89 bits per heavy atom. The van der Waals surface area contributed by atoms with E-state index in [4.69, 9.17) is 14.2 Å². The van der Waals surface area contributed by atoms with E-state index in [1.165, 1.54) is 0 Å². The Morgan fingerprint density at radius 1 is 1.21 bits per heavy atom. The van der Waals surface area contributed by atoms with Gasteiger partial charge in [0, 0.05) is 5.56 Å². The van der Waals surface area contributed by atoms with E-state index in [-0.39, 0.29) is 5.78 Å². The lowest BCUT2D eigenvalue weighted by molar-refractivity contribution is -0.208. The third kappa shape index (κ3) is 2.19. The maximum absolute atomic E-state index is 12.3. The summed E-state index contributed by atoms with van der Waals surface area (Å²) >= 11 is 0. The summed E-state index contributed by atoms with van der Waals surface area (Å²) in [5.74, 6) is -1.05. The fraction of sp³-hybridized carbons (Fsp3) is 0.500. The lowest BCUT2D eigenvalue weighted by Gasteiger charge is -2.22. The molecule has 2 heterocycles. The predicted octanol–water partition coefficient (Wildman–Crippen LogP) is 1.11. The van der Waals surface area contributed by atoms with Crippen LogP contribution in [0.15, 0.2) is 30.3 Å². The molecule has 1 aromatic rings. The quantitative estimate of drug-likeness (QED) is 0.810. The number of benzene rings is 1. The van der Waals surface area contributed by atoms with Gasteiger partial charge in [0.2, 0.25) is 0 Å². The van der Waals surface area contributed by atoms with Crippen LogP contribution in [0, 0.1) is 0 Å². The van der Waals surface area contributed by atoms with E-state index in [0.717, 1.165) is 0 Å². The highest BCUT2D eigenvalue weighted by molar-refractivity contribution is 6.00. The number of hydrogen-bond donors (Lipinski definition) is 1. The SMILES string of the molecule is CC1(C)O[C@@H]2O[C@@H](C(=O)c3ccccc3)[C@@H](O)[C@@H]2O1. The molecule has 0 aromatic heterocycles. The van der Waals surface area contributed by atoms with Crippen molar-refractivity contribution >= 4 is 5.78 Å². The first-order valence-electron chi connectivity index (χ1n) is 6.26. The summed E-state index contributed by atoms with van der Waals surface area (Å²) in [7, 11) is 0. The van der Waals surface area contributed by atoms with E-state index in [9.17, 15) is 9.90 Å². The van der Waals surface area contributed by atoms with Gasteiger partial charge in [-0.1, -0.05) is 30.3 Å². The van der Waals surface area contributed by atoms with Crippen LogP contribution >= 0.6 is 0 Å². The molecular formula is C14H16O5. The molecule has 3 rings (SSSR count). The van der Waals surface area contributed by atoms with Crippen LogP contribution in [0.4, 0.5) is 0 Å². The van der Waals surface area contributed by atoms with Gasteiger partial charge in [0.05, 0.1) is 0 Å². The lowest BCUT2D eigenvalue weighted by Crippen LogP contribution is -2.38. The van der Waals surface area contributed by atoms with Gasteiger partial charge in [-0.05, 0) is 13.8 Å². The van der Waals surface area contributed by atoms with E-state index in [1.807, 2.05) is 6.07 Å². The van der Waals surface area contributed by atoms with Crippen LogP contribution < -0.4 is 0 Å². The standard InChI is InChI=1S/C14H16O5/c1-14(2)18-12-10(16)11(17-13(12)19-14)9(15)8-6-4-3-5-7-8/h3-7,10-13,16H,1-2H3/t10-,11+,12+,13+/m1/s1. The Hall–Kier alpha value is -1.27. The van der Waals surface area contributed by atoms with Crippen LogP contribution in [0.3, 0.4) is 0 Å². The van der Waals surface area contributed by atoms with Gasteiger partial charge in [-0.2, -0.15) is 0 Å². The van der Waals surface area contributed by atoms with Crippen molar-refractivity contribution in [2.45, 2.75) is 44.2 Å². The second-order valence-corrected chi connectivity index (χ2v) is 5.25. The smallest absolute Gasteiger partial charge is 0.194 e. The highest BCUT2D eigenvalue weighted by Gasteiger charge is 2.56. The van der Waals surface area contributed by atoms with Crippen LogP contribution in [0.2, 0.25) is 0 Å². The predicted molar refractivity (Wildman–Crippen MR) is 65.5 cm³/mol. The molecule has 2 fully saturated rings. The summed E-state index contributed by atoms with van der Waals surface area (Å²) in [6.45, 7) is 3.49. The molecule has 0 amide bonds. The van der Waals surface area contributed by atoms with Crippen molar-refractivity contribution < 1.29 is 24.1 Å².